The van der Waals surface area contributed by atoms with Gasteiger partial charge in [0.25, 0.3) is 0 Å². The molecule has 0 saturated carbocycles. The second-order valence-electron chi connectivity index (χ2n) is 8.42. The number of rotatable bonds is 3. The van der Waals surface area contributed by atoms with E-state index in [-0.39, 0.29) is 10.8 Å². The largest absolute Gasteiger partial charge is 0.384 e. The molecule has 0 radical (unpaired) electrons. The molecular formula is C22H28N6S. The average Bonchev–Trinajstić information content (AvgIpc) is 3.36. The van der Waals surface area contributed by atoms with Gasteiger partial charge in [0.1, 0.15) is 5.84 Å². The minimum atomic E-state index is -0.135. The summed E-state index contributed by atoms with van der Waals surface area (Å²) >= 11 is 1.87. The molecule has 1 aliphatic carbocycles. The number of H-pyrrole nitrogens is 1. The fourth-order valence-corrected chi connectivity index (χ4v) is 6.06. The summed E-state index contributed by atoms with van der Waals surface area (Å²) < 4.78 is -0.135. The van der Waals surface area contributed by atoms with E-state index in [4.69, 9.17) is 10.7 Å². The van der Waals surface area contributed by atoms with Gasteiger partial charge < -0.3 is 15.5 Å². The first-order valence-electron chi connectivity index (χ1n) is 10.4. The zero-order chi connectivity index (χ0) is 20.0. The van der Waals surface area contributed by atoms with E-state index in [0.29, 0.717) is 11.8 Å². The smallest absolute Gasteiger partial charge is 0.120 e. The summed E-state index contributed by atoms with van der Waals surface area (Å²) in [5, 5.41) is 7.19. The van der Waals surface area contributed by atoms with Crippen LogP contribution in [0.5, 0.6) is 0 Å². The molecule has 5 rings (SSSR count). The third kappa shape index (κ3) is 3.31. The summed E-state index contributed by atoms with van der Waals surface area (Å²) in [5.74, 6) is 1.26. The number of aromatic nitrogens is 2. The number of nitrogens with one attached hydrogen (secondary N) is 1. The van der Waals surface area contributed by atoms with Crippen LogP contribution in [0.2, 0.25) is 0 Å². The lowest BCUT2D eigenvalue weighted by Gasteiger charge is -2.45. The first-order valence-corrected chi connectivity index (χ1v) is 11.2. The Morgan fingerprint density at radius 1 is 1.21 bits per heavy atom. The van der Waals surface area contributed by atoms with Crippen molar-refractivity contribution in [3.63, 3.8) is 0 Å². The van der Waals surface area contributed by atoms with Gasteiger partial charge in [0, 0.05) is 54.8 Å². The van der Waals surface area contributed by atoms with Crippen molar-refractivity contribution in [2.24, 2.45) is 16.6 Å². The standard InChI is InChI=1S/C22H28N6S/c1-15-4-3-5-16(12-15)27-8-10-28(11-9-27)20-14-21(23)25-19-13-18(29-22(19,20)2)17-6-7-24-26-17/h3,5-7,12-15,19H,4,8-11H2,1-2H3,(H2,23,25)(H,24,26)/t15-,19?,22?/m1/s1. The third-order valence-electron chi connectivity index (χ3n) is 6.28. The van der Waals surface area contributed by atoms with Crippen LogP contribution >= 0.6 is 11.8 Å². The second kappa shape index (κ2) is 7.13. The lowest BCUT2D eigenvalue weighted by molar-refractivity contribution is 0.184. The second-order valence-corrected chi connectivity index (χ2v) is 9.91. The summed E-state index contributed by atoms with van der Waals surface area (Å²) in [5.41, 5.74) is 9.96. The van der Waals surface area contributed by atoms with Crippen molar-refractivity contribution in [1.29, 1.82) is 0 Å². The van der Waals surface area contributed by atoms with Crippen LogP contribution in [0.1, 0.15) is 26.0 Å². The molecule has 4 aliphatic rings. The number of allylic oxidation sites excluding steroid dienone is 3. The molecule has 1 fully saturated rings. The van der Waals surface area contributed by atoms with E-state index in [9.17, 15) is 0 Å². The predicted molar refractivity (Wildman–Crippen MR) is 120 cm³/mol. The van der Waals surface area contributed by atoms with Gasteiger partial charge in [-0.25, -0.2) is 0 Å². The molecule has 1 aromatic rings. The van der Waals surface area contributed by atoms with E-state index >= 15 is 0 Å². The van der Waals surface area contributed by atoms with Crippen LogP contribution in [0.3, 0.4) is 0 Å². The maximum absolute atomic E-state index is 6.23. The van der Waals surface area contributed by atoms with Crippen molar-refractivity contribution in [1.82, 2.24) is 20.0 Å². The Morgan fingerprint density at radius 2 is 2.00 bits per heavy atom. The highest BCUT2D eigenvalue weighted by Crippen LogP contribution is 2.53. The summed E-state index contributed by atoms with van der Waals surface area (Å²) in [7, 11) is 0. The molecule has 2 unspecified atom stereocenters. The molecule has 3 N–H and O–H groups in total. The van der Waals surface area contributed by atoms with Crippen molar-refractivity contribution >= 4 is 22.5 Å². The number of amidine groups is 1. The van der Waals surface area contributed by atoms with Gasteiger partial charge in [0.05, 0.1) is 16.5 Å². The summed E-state index contributed by atoms with van der Waals surface area (Å²) in [4.78, 5) is 11.0. The molecule has 1 saturated heterocycles. The number of nitrogens with two attached hydrogens (primary N) is 1. The summed E-state index contributed by atoms with van der Waals surface area (Å²) in [6, 6.07) is 2.06. The minimum absolute atomic E-state index is 0.0497. The van der Waals surface area contributed by atoms with Crippen molar-refractivity contribution in [3.05, 3.63) is 59.7 Å². The zero-order valence-corrected chi connectivity index (χ0v) is 17.8. The normalized spacial score (nSPS) is 31.8. The lowest BCUT2D eigenvalue weighted by Crippen LogP contribution is -2.51. The highest BCUT2D eigenvalue weighted by molar-refractivity contribution is 8.10. The predicted octanol–water partition coefficient (Wildman–Crippen LogP) is 2.98. The van der Waals surface area contributed by atoms with Crippen LogP contribution in [0.4, 0.5) is 0 Å². The molecule has 1 aromatic heterocycles. The van der Waals surface area contributed by atoms with Crippen molar-refractivity contribution < 1.29 is 0 Å². The Morgan fingerprint density at radius 3 is 2.72 bits per heavy atom. The van der Waals surface area contributed by atoms with Gasteiger partial charge in [-0.2, -0.15) is 5.10 Å². The van der Waals surface area contributed by atoms with E-state index in [1.165, 1.54) is 16.3 Å². The maximum Gasteiger partial charge on any atom is 0.120 e. The quantitative estimate of drug-likeness (QED) is 0.804. The third-order valence-corrected chi connectivity index (χ3v) is 7.73. The molecule has 7 heteroatoms. The molecule has 29 heavy (non-hydrogen) atoms. The van der Waals surface area contributed by atoms with Crippen molar-refractivity contribution in [3.8, 4) is 0 Å². The number of hydrogen-bond donors (Lipinski definition) is 2. The Balaban J connectivity index is 1.34. The number of dihydropyridines is 1. The first-order chi connectivity index (χ1) is 14.0. The van der Waals surface area contributed by atoms with E-state index in [0.717, 1.165) is 38.3 Å². The monoisotopic (exact) mass is 408 g/mol. The first kappa shape index (κ1) is 18.6. The lowest BCUT2D eigenvalue weighted by atomic mass is 9.92. The summed E-state index contributed by atoms with van der Waals surface area (Å²) in [6.45, 7) is 8.65. The van der Waals surface area contributed by atoms with Gasteiger partial charge in [0.15, 0.2) is 0 Å². The molecular weight excluding hydrogens is 380 g/mol. The van der Waals surface area contributed by atoms with Crippen LogP contribution in [0.25, 0.3) is 4.91 Å². The molecule has 152 valence electrons. The fraction of sp³-hybridized carbons (Fsp3) is 0.455. The van der Waals surface area contributed by atoms with Crippen LogP contribution < -0.4 is 5.73 Å². The number of hydrogen-bond acceptors (Lipinski definition) is 6. The highest BCUT2D eigenvalue weighted by Gasteiger charge is 2.47. The highest BCUT2D eigenvalue weighted by atomic mass is 32.2. The van der Waals surface area contributed by atoms with Gasteiger partial charge in [-0.1, -0.05) is 19.1 Å². The van der Waals surface area contributed by atoms with Crippen LogP contribution in [-0.4, -0.2) is 62.8 Å². The topological polar surface area (TPSA) is 73.5 Å². The Hall–Kier alpha value is -2.41. The molecule has 0 aromatic carbocycles. The van der Waals surface area contributed by atoms with Crippen LogP contribution in [0.15, 0.2) is 59.0 Å². The van der Waals surface area contributed by atoms with E-state index in [1.54, 1.807) is 6.20 Å². The zero-order valence-electron chi connectivity index (χ0n) is 17.0. The average molecular weight is 409 g/mol. The minimum Gasteiger partial charge on any atom is -0.384 e. The van der Waals surface area contributed by atoms with Gasteiger partial charge in [-0.15, -0.1) is 11.8 Å². The Labute approximate surface area is 176 Å². The summed E-state index contributed by atoms with van der Waals surface area (Å²) in [6.07, 6.45) is 14.3. The van der Waals surface area contributed by atoms with E-state index < -0.39 is 0 Å². The molecule has 6 nitrogen and oxygen atoms in total. The molecule has 3 atom stereocenters. The molecule has 4 heterocycles. The van der Waals surface area contributed by atoms with Crippen molar-refractivity contribution in [2.45, 2.75) is 31.1 Å². The van der Waals surface area contributed by atoms with Crippen LogP contribution in [-0.2, 0) is 0 Å². The Kier molecular flexibility index (Phi) is 4.57. The van der Waals surface area contributed by atoms with Gasteiger partial charge in [-0.05, 0) is 37.5 Å². The van der Waals surface area contributed by atoms with Gasteiger partial charge in [-0.3, -0.25) is 10.1 Å². The van der Waals surface area contributed by atoms with E-state index in [1.807, 2.05) is 17.8 Å². The van der Waals surface area contributed by atoms with Crippen LogP contribution in [0, 0.1) is 5.92 Å². The fourth-order valence-electron chi connectivity index (χ4n) is 4.65. The van der Waals surface area contributed by atoms with Gasteiger partial charge >= 0.3 is 0 Å². The van der Waals surface area contributed by atoms with Gasteiger partial charge in [0.2, 0.25) is 0 Å². The molecule has 0 amide bonds. The maximum atomic E-state index is 6.23. The molecule has 0 bridgehead atoms. The number of nitrogens with zero attached hydrogens (tertiary/aromatic N) is 4. The Bertz CT molecular complexity index is 933. The molecule has 3 aliphatic heterocycles. The number of aliphatic imine (C=N–C) groups is 1. The SMILES string of the molecule is C[C@H]1C=C(N2CCN(C3=CC(N)=NC4C=C(c5ccn[nH]5)SC34C)CC2)C=CC1. The van der Waals surface area contributed by atoms with Crippen molar-refractivity contribution in [2.75, 3.05) is 26.2 Å². The number of fused-ring (bicyclic) bond motifs is 1. The number of thioether (sulfide) groups is 1. The molecule has 0 spiro atoms. The number of aromatic amines is 1. The van der Waals surface area contributed by atoms with E-state index in [2.05, 4.69) is 64.2 Å². The number of piperazine rings is 1.